The van der Waals surface area contributed by atoms with Gasteiger partial charge in [-0.2, -0.15) is 0 Å². The minimum absolute atomic E-state index is 0.142. The monoisotopic (exact) mass is 528 g/mol. The lowest BCUT2D eigenvalue weighted by molar-refractivity contribution is -0.154. The molecule has 0 amide bonds. The lowest BCUT2D eigenvalue weighted by Crippen LogP contribution is -2.17. The number of benzene rings is 2. The molecular weight excluding hydrogens is 488 g/mol. The Bertz CT molecular complexity index is 942. The van der Waals surface area contributed by atoms with Crippen LogP contribution in [-0.4, -0.2) is 58.2 Å². The van der Waals surface area contributed by atoms with Crippen LogP contribution in [0.25, 0.3) is 0 Å². The van der Waals surface area contributed by atoms with Crippen molar-refractivity contribution in [1.29, 1.82) is 0 Å². The fourth-order valence-electron chi connectivity index (χ4n) is 3.31. The van der Waals surface area contributed by atoms with Crippen molar-refractivity contribution in [3.05, 3.63) is 72.3 Å². The molecule has 0 radical (unpaired) electrons. The third-order valence-electron chi connectivity index (χ3n) is 5.28. The quantitative estimate of drug-likeness (QED) is 0.127. The van der Waals surface area contributed by atoms with Crippen LogP contribution in [0, 0.1) is 0 Å². The first-order chi connectivity index (χ1) is 18.5. The zero-order valence-corrected chi connectivity index (χ0v) is 22.5. The SMILES string of the molecule is C=C(C)C(=O)OCCCC(=O)OC(COCCCCOCCOc1ccc(OCC)cc1)c1ccccc1. The number of hydrogen-bond donors (Lipinski definition) is 0. The van der Waals surface area contributed by atoms with Gasteiger partial charge in [0.1, 0.15) is 18.1 Å². The molecule has 0 aliphatic rings. The van der Waals surface area contributed by atoms with Crippen LogP contribution in [0.3, 0.4) is 0 Å². The van der Waals surface area contributed by atoms with Crippen molar-refractivity contribution in [2.75, 3.05) is 46.2 Å². The predicted molar refractivity (Wildman–Crippen MR) is 144 cm³/mol. The second kappa shape index (κ2) is 18.8. The molecule has 2 aromatic rings. The van der Waals surface area contributed by atoms with Crippen LogP contribution in [0.5, 0.6) is 11.5 Å². The summed E-state index contributed by atoms with van der Waals surface area (Å²) in [6, 6.07) is 17.0. The van der Waals surface area contributed by atoms with E-state index in [1.165, 1.54) is 0 Å². The fourth-order valence-corrected chi connectivity index (χ4v) is 3.31. The van der Waals surface area contributed by atoms with E-state index in [0.29, 0.717) is 45.0 Å². The molecule has 0 bridgehead atoms. The summed E-state index contributed by atoms with van der Waals surface area (Å²) in [5.74, 6) is 0.780. The van der Waals surface area contributed by atoms with Crippen molar-refractivity contribution < 1.29 is 38.0 Å². The van der Waals surface area contributed by atoms with Gasteiger partial charge in [0.15, 0.2) is 6.10 Å². The summed E-state index contributed by atoms with van der Waals surface area (Å²) in [7, 11) is 0. The average molecular weight is 529 g/mol. The van der Waals surface area contributed by atoms with Gasteiger partial charge in [-0.25, -0.2) is 4.79 Å². The molecule has 38 heavy (non-hydrogen) atoms. The number of ether oxygens (including phenoxy) is 6. The maximum absolute atomic E-state index is 12.3. The van der Waals surface area contributed by atoms with Gasteiger partial charge in [-0.1, -0.05) is 36.9 Å². The van der Waals surface area contributed by atoms with Crippen molar-refractivity contribution in [2.45, 2.75) is 45.6 Å². The summed E-state index contributed by atoms with van der Waals surface area (Å²) in [6.45, 7) is 10.2. The van der Waals surface area contributed by atoms with E-state index in [-0.39, 0.29) is 25.6 Å². The van der Waals surface area contributed by atoms with Crippen molar-refractivity contribution >= 4 is 11.9 Å². The molecule has 2 rings (SSSR count). The van der Waals surface area contributed by atoms with Gasteiger partial charge < -0.3 is 28.4 Å². The topological polar surface area (TPSA) is 89.5 Å². The maximum atomic E-state index is 12.3. The molecule has 0 N–H and O–H groups in total. The lowest BCUT2D eigenvalue weighted by atomic mass is 10.1. The van der Waals surface area contributed by atoms with Crippen LogP contribution in [0.2, 0.25) is 0 Å². The Balaban J connectivity index is 1.57. The molecule has 208 valence electrons. The number of carbonyl (C=O) groups is 2. The summed E-state index contributed by atoms with van der Waals surface area (Å²) in [6.07, 6.45) is 1.70. The largest absolute Gasteiger partial charge is 0.494 e. The van der Waals surface area contributed by atoms with E-state index in [1.807, 2.05) is 61.5 Å². The Morgan fingerprint density at radius 2 is 1.45 bits per heavy atom. The van der Waals surface area contributed by atoms with E-state index >= 15 is 0 Å². The van der Waals surface area contributed by atoms with E-state index in [0.717, 1.165) is 29.9 Å². The van der Waals surface area contributed by atoms with Crippen LogP contribution < -0.4 is 9.47 Å². The standard InChI is InChI=1S/C30H40O8/c1-4-35-26-14-16-27(17-15-26)36-22-21-33-18-8-9-19-34-23-28(25-11-6-5-7-12-25)38-29(31)13-10-20-37-30(32)24(2)3/h5-7,11-12,14-17,28H,2,4,8-10,13,18-23H2,1,3H3. The Morgan fingerprint density at radius 3 is 2.11 bits per heavy atom. The van der Waals surface area contributed by atoms with E-state index in [2.05, 4.69) is 6.58 Å². The summed E-state index contributed by atoms with van der Waals surface area (Å²) < 4.78 is 33.2. The highest BCUT2D eigenvalue weighted by Gasteiger charge is 2.17. The van der Waals surface area contributed by atoms with E-state index < -0.39 is 12.1 Å². The molecule has 0 saturated heterocycles. The fraction of sp³-hybridized carbons (Fsp3) is 0.467. The Morgan fingerprint density at radius 1 is 0.789 bits per heavy atom. The second-order valence-electron chi connectivity index (χ2n) is 8.56. The third-order valence-corrected chi connectivity index (χ3v) is 5.28. The molecule has 2 aromatic carbocycles. The first-order valence-electron chi connectivity index (χ1n) is 13.1. The number of hydrogen-bond acceptors (Lipinski definition) is 8. The van der Waals surface area contributed by atoms with Gasteiger partial charge in [0, 0.05) is 25.2 Å². The van der Waals surface area contributed by atoms with Crippen molar-refractivity contribution in [1.82, 2.24) is 0 Å². The zero-order valence-electron chi connectivity index (χ0n) is 22.5. The Labute approximate surface area is 225 Å². The molecule has 0 aliphatic carbocycles. The van der Waals surface area contributed by atoms with Gasteiger partial charge in [-0.3, -0.25) is 4.79 Å². The molecule has 1 unspecified atom stereocenters. The highest BCUT2D eigenvalue weighted by Crippen LogP contribution is 2.19. The number of carbonyl (C=O) groups excluding carboxylic acids is 2. The number of rotatable bonds is 20. The van der Waals surface area contributed by atoms with Crippen molar-refractivity contribution in [2.24, 2.45) is 0 Å². The molecule has 0 aliphatic heterocycles. The van der Waals surface area contributed by atoms with Crippen LogP contribution >= 0.6 is 0 Å². The summed E-state index contributed by atoms with van der Waals surface area (Å²) in [4.78, 5) is 23.7. The highest BCUT2D eigenvalue weighted by atomic mass is 16.6. The second-order valence-corrected chi connectivity index (χ2v) is 8.56. The molecular formula is C30H40O8. The van der Waals surface area contributed by atoms with Gasteiger partial charge in [-0.15, -0.1) is 0 Å². The van der Waals surface area contributed by atoms with Gasteiger partial charge >= 0.3 is 11.9 Å². The van der Waals surface area contributed by atoms with E-state index in [4.69, 9.17) is 28.4 Å². The van der Waals surface area contributed by atoms with Crippen LogP contribution in [0.4, 0.5) is 0 Å². The summed E-state index contributed by atoms with van der Waals surface area (Å²) in [5.41, 5.74) is 1.19. The minimum Gasteiger partial charge on any atom is -0.494 e. The van der Waals surface area contributed by atoms with Crippen molar-refractivity contribution in [3.63, 3.8) is 0 Å². The van der Waals surface area contributed by atoms with Crippen LogP contribution in [0.1, 0.15) is 51.2 Å². The van der Waals surface area contributed by atoms with Crippen LogP contribution in [-0.2, 0) is 28.5 Å². The van der Waals surface area contributed by atoms with E-state index in [1.54, 1.807) is 6.92 Å². The van der Waals surface area contributed by atoms with Gasteiger partial charge in [0.2, 0.25) is 0 Å². The molecule has 0 fully saturated rings. The molecule has 0 saturated carbocycles. The Hall–Kier alpha value is -3.36. The summed E-state index contributed by atoms with van der Waals surface area (Å²) >= 11 is 0. The number of unbranched alkanes of at least 4 members (excludes halogenated alkanes) is 1. The lowest BCUT2D eigenvalue weighted by Gasteiger charge is -2.18. The molecule has 0 aromatic heterocycles. The highest BCUT2D eigenvalue weighted by molar-refractivity contribution is 5.86. The van der Waals surface area contributed by atoms with Gasteiger partial charge in [-0.05, 0) is 62.9 Å². The molecule has 8 nitrogen and oxygen atoms in total. The predicted octanol–water partition coefficient (Wildman–Crippen LogP) is 5.46. The Kier molecular flexibility index (Phi) is 15.3. The average Bonchev–Trinajstić information content (AvgIpc) is 2.92. The molecule has 1 atom stereocenters. The van der Waals surface area contributed by atoms with Crippen molar-refractivity contribution in [3.8, 4) is 11.5 Å². The maximum Gasteiger partial charge on any atom is 0.333 e. The first-order valence-corrected chi connectivity index (χ1v) is 13.1. The van der Waals surface area contributed by atoms with E-state index in [9.17, 15) is 9.59 Å². The van der Waals surface area contributed by atoms with Crippen LogP contribution in [0.15, 0.2) is 66.7 Å². The van der Waals surface area contributed by atoms with Gasteiger partial charge in [0.25, 0.3) is 0 Å². The third kappa shape index (κ3) is 13.3. The molecule has 0 spiro atoms. The number of esters is 2. The molecule has 0 heterocycles. The molecule has 8 heteroatoms. The normalized spacial score (nSPS) is 11.4. The first kappa shape index (κ1) is 30.9. The summed E-state index contributed by atoms with van der Waals surface area (Å²) in [5, 5.41) is 0. The zero-order chi connectivity index (χ0) is 27.4. The smallest absolute Gasteiger partial charge is 0.333 e. The minimum atomic E-state index is -0.502. The van der Waals surface area contributed by atoms with Gasteiger partial charge in [0.05, 0.1) is 26.4 Å².